The molecule has 0 radical (unpaired) electrons. The number of nitrogens with zero attached hydrogens (tertiary/aromatic N) is 2. The Morgan fingerprint density at radius 3 is 2.94 bits per heavy atom. The van der Waals surface area contributed by atoms with Crippen LogP contribution in [0, 0.1) is 5.92 Å². The fraction of sp³-hybridized carbons (Fsp3) is 0.462. The predicted octanol–water partition coefficient (Wildman–Crippen LogP) is 3.85. The molecule has 2 rings (SSSR count). The van der Waals surface area contributed by atoms with E-state index in [1.54, 1.807) is 0 Å². The van der Waals surface area contributed by atoms with E-state index in [1.165, 1.54) is 23.7 Å². The van der Waals surface area contributed by atoms with Gasteiger partial charge < -0.3 is 0 Å². The van der Waals surface area contributed by atoms with Gasteiger partial charge in [-0.3, -0.25) is 4.68 Å². The van der Waals surface area contributed by atoms with Gasteiger partial charge in [-0.2, -0.15) is 5.10 Å². The number of benzene rings is 1. The molecule has 0 saturated carbocycles. The lowest BCUT2D eigenvalue weighted by Crippen LogP contribution is -2.12. The number of hydrogen-bond acceptors (Lipinski definition) is 1. The third kappa shape index (κ3) is 2.46. The zero-order valence-electron chi connectivity index (χ0n) is 9.56. The smallest absolute Gasteiger partial charge is 0.0682 e. The van der Waals surface area contributed by atoms with Crippen molar-refractivity contribution in [3.05, 3.63) is 30.5 Å². The molecule has 2 nitrogen and oxygen atoms in total. The van der Waals surface area contributed by atoms with Gasteiger partial charge in [-0.25, -0.2) is 0 Å². The van der Waals surface area contributed by atoms with Crippen LogP contribution in [0.4, 0.5) is 0 Å². The molecule has 0 saturated heterocycles. The summed E-state index contributed by atoms with van der Waals surface area (Å²) in [5.74, 6) is 0.674. The maximum atomic E-state index is 4.46. The first-order valence-corrected chi connectivity index (χ1v) is 6.93. The van der Waals surface area contributed by atoms with Crippen LogP contribution in [0.3, 0.4) is 0 Å². The van der Waals surface area contributed by atoms with E-state index in [1.807, 2.05) is 6.20 Å². The van der Waals surface area contributed by atoms with Crippen LogP contribution in [-0.2, 0) is 6.54 Å². The Bertz CT molecular complexity index is 450. The highest BCUT2D eigenvalue weighted by Gasteiger charge is 2.09. The van der Waals surface area contributed by atoms with Crippen molar-refractivity contribution in [1.82, 2.24) is 9.78 Å². The summed E-state index contributed by atoms with van der Waals surface area (Å²) in [4.78, 5) is 0. The predicted molar refractivity (Wildman–Crippen MR) is 71.9 cm³/mol. The summed E-state index contributed by atoms with van der Waals surface area (Å²) in [5, 5.41) is 6.74. The molecular weight excluding hydrogens is 264 g/mol. The van der Waals surface area contributed by atoms with Crippen LogP contribution in [0.1, 0.15) is 19.8 Å². The van der Waals surface area contributed by atoms with Crippen molar-refractivity contribution in [3.63, 3.8) is 0 Å². The second kappa shape index (κ2) is 5.48. The number of alkyl halides is 1. The van der Waals surface area contributed by atoms with Crippen molar-refractivity contribution in [1.29, 1.82) is 0 Å². The fourth-order valence-corrected chi connectivity index (χ4v) is 2.57. The number of fused-ring (bicyclic) bond motifs is 1. The molecule has 0 bridgehead atoms. The lowest BCUT2D eigenvalue weighted by atomic mass is 10.1. The maximum Gasteiger partial charge on any atom is 0.0682 e. The minimum absolute atomic E-state index is 0.674. The summed E-state index contributed by atoms with van der Waals surface area (Å²) in [7, 11) is 0. The zero-order chi connectivity index (χ0) is 11.4. The third-order valence-electron chi connectivity index (χ3n) is 2.90. The second-order valence-corrected chi connectivity index (χ2v) is 4.84. The quantitative estimate of drug-likeness (QED) is 0.761. The van der Waals surface area contributed by atoms with Gasteiger partial charge in [0.15, 0.2) is 0 Å². The van der Waals surface area contributed by atoms with E-state index >= 15 is 0 Å². The molecule has 0 aliphatic rings. The normalized spacial score (nSPS) is 13.1. The molecule has 3 heteroatoms. The van der Waals surface area contributed by atoms with Gasteiger partial charge in [-0.05, 0) is 18.4 Å². The third-order valence-corrected chi connectivity index (χ3v) is 3.81. The highest BCUT2D eigenvalue weighted by atomic mass is 79.9. The van der Waals surface area contributed by atoms with Crippen molar-refractivity contribution in [3.8, 4) is 0 Å². The Balaban J connectivity index is 2.20. The lowest BCUT2D eigenvalue weighted by Gasteiger charge is -2.13. The van der Waals surface area contributed by atoms with Gasteiger partial charge in [0.1, 0.15) is 0 Å². The van der Waals surface area contributed by atoms with Gasteiger partial charge >= 0.3 is 0 Å². The van der Waals surface area contributed by atoms with Gasteiger partial charge in [0.2, 0.25) is 0 Å². The molecule has 1 unspecified atom stereocenters. The van der Waals surface area contributed by atoms with Crippen LogP contribution in [0.2, 0.25) is 0 Å². The Morgan fingerprint density at radius 1 is 1.38 bits per heavy atom. The molecule has 0 N–H and O–H groups in total. The first-order chi connectivity index (χ1) is 7.85. The van der Waals surface area contributed by atoms with E-state index < -0.39 is 0 Å². The number of rotatable bonds is 5. The average molecular weight is 281 g/mol. The summed E-state index contributed by atoms with van der Waals surface area (Å²) in [6.07, 6.45) is 4.43. The minimum Gasteiger partial charge on any atom is -0.265 e. The molecule has 0 aliphatic heterocycles. The van der Waals surface area contributed by atoms with E-state index in [0.29, 0.717) is 5.92 Å². The highest BCUT2D eigenvalue weighted by molar-refractivity contribution is 9.09. The SMILES string of the molecule is CCCC(CBr)Cn1ncc2ccccc21. The van der Waals surface area contributed by atoms with Crippen LogP contribution in [0.25, 0.3) is 10.9 Å². The van der Waals surface area contributed by atoms with Crippen LogP contribution < -0.4 is 0 Å². The molecular formula is C13H17BrN2. The maximum absolute atomic E-state index is 4.46. The molecule has 1 atom stereocenters. The number of para-hydroxylation sites is 1. The van der Waals surface area contributed by atoms with Gasteiger partial charge in [0.05, 0.1) is 11.7 Å². The Morgan fingerprint density at radius 2 is 2.19 bits per heavy atom. The Kier molecular flexibility index (Phi) is 3.99. The molecule has 0 amide bonds. The van der Waals surface area contributed by atoms with Crippen molar-refractivity contribution in [2.75, 3.05) is 5.33 Å². The molecule has 16 heavy (non-hydrogen) atoms. The molecule has 86 valence electrons. The van der Waals surface area contributed by atoms with E-state index in [9.17, 15) is 0 Å². The minimum atomic E-state index is 0.674. The summed E-state index contributed by atoms with van der Waals surface area (Å²) < 4.78 is 2.12. The number of aromatic nitrogens is 2. The highest BCUT2D eigenvalue weighted by Crippen LogP contribution is 2.17. The zero-order valence-corrected chi connectivity index (χ0v) is 11.2. The molecule has 0 spiro atoms. The summed E-state index contributed by atoms with van der Waals surface area (Å²) >= 11 is 3.59. The molecule has 0 fully saturated rings. The molecule has 0 aliphatic carbocycles. The van der Waals surface area contributed by atoms with Crippen molar-refractivity contribution < 1.29 is 0 Å². The van der Waals surface area contributed by atoms with Crippen LogP contribution in [0.5, 0.6) is 0 Å². The van der Waals surface area contributed by atoms with E-state index in [2.05, 4.69) is 56.9 Å². The van der Waals surface area contributed by atoms with Gasteiger partial charge in [0.25, 0.3) is 0 Å². The molecule has 1 heterocycles. The fourth-order valence-electron chi connectivity index (χ4n) is 2.04. The second-order valence-electron chi connectivity index (χ2n) is 4.19. The van der Waals surface area contributed by atoms with Crippen LogP contribution >= 0.6 is 15.9 Å². The van der Waals surface area contributed by atoms with Crippen LogP contribution in [0.15, 0.2) is 30.5 Å². The van der Waals surface area contributed by atoms with Crippen molar-refractivity contribution in [2.24, 2.45) is 5.92 Å². The topological polar surface area (TPSA) is 17.8 Å². The van der Waals surface area contributed by atoms with E-state index in [4.69, 9.17) is 0 Å². The van der Waals surface area contributed by atoms with E-state index in [0.717, 1.165) is 11.9 Å². The largest absolute Gasteiger partial charge is 0.265 e. The first-order valence-electron chi connectivity index (χ1n) is 5.81. The van der Waals surface area contributed by atoms with Gasteiger partial charge in [-0.1, -0.05) is 47.5 Å². The van der Waals surface area contributed by atoms with Gasteiger partial charge in [-0.15, -0.1) is 0 Å². The van der Waals surface area contributed by atoms with Crippen molar-refractivity contribution >= 4 is 26.8 Å². The number of halogens is 1. The van der Waals surface area contributed by atoms with Gasteiger partial charge in [0, 0.05) is 17.3 Å². The average Bonchev–Trinajstić information content (AvgIpc) is 2.72. The van der Waals surface area contributed by atoms with Crippen LogP contribution in [-0.4, -0.2) is 15.1 Å². The lowest BCUT2D eigenvalue weighted by molar-refractivity contribution is 0.437. The summed E-state index contributed by atoms with van der Waals surface area (Å²) in [6, 6.07) is 8.38. The standard InChI is InChI=1S/C13H17BrN2/c1-2-5-11(8-14)10-16-13-7-4-3-6-12(13)9-15-16/h3-4,6-7,9,11H,2,5,8,10H2,1H3. The van der Waals surface area contributed by atoms with Crippen molar-refractivity contribution in [2.45, 2.75) is 26.3 Å². The monoisotopic (exact) mass is 280 g/mol. The summed E-state index contributed by atoms with van der Waals surface area (Å²) in [5.41, 5.74) is 1.24. The molecule has 1 aromatic heterocycles. The first kappa shape index (κ1) is 11.6. The molecule has 2 aromatic rings. The molecule has 1 aromatic carbocycles. The van der Waals surface area contributed by atoms with E-state index in [-0.39, 0.29) is 0 Å². The summed E-state index contributed by atoms with van der Waals surface area (Å²) in [6.45, 7) is 3.24. The number of hydrogen-bond donors (Lipinski definition) is 0. The Hall–Kier alpha value is -0.830. The Labute approximate surface area is 105 Å².